The van der Waals surface area contributed by atoms with Crippen LogP contribution in [0.4, 0.5) is 11.5 Å². The summed E-state index contributed by atoms with van der Waals surface area (Å²) in [5.41, 5.74) is 6.24. The molecule has 0 spiro atoms. The third-order valence-corrected chi connectivity index (χ3v) is 3.09. The fraction of sp³-hybridized carbons (Fsp3) is 0. The maximum Gasteiger partial charge on any atom is 0.275 e. The summed E-state index contributed by atoms with van der Waals surface area (Å²) >= 11 is 6.02. The molecule has 0 aliphatic heterocycles. The molecular weight excluding hydrogens is 282 g/mol. The van der Waals surface area contributed by atoms with Gasteiger partial charge in [0.15, 0.2) is 11.3 Å². The number of hydrogen-bond donors (Lipinski definition) is 1. The zero-order chi connectivity index (χ0) is 14.3. The van der Waals surface area contributed by atoms with Crippen molar-refractivity contribution in [3.05, 3.63) is 51.5 Å². The van der Waals surface area contributed by atoms with Crippen molar-refractivity contribution in [1.82, 2.24) is 4.98 Å². The van der Waals surface area contributed by atoms with Gasteiger partial charge in [0.1, 0.15) is 11.5 Å². The number of nitro groups is 1. The summed E-state index contributed by atoms with van der Waals surface area (Å²) in [5.74, 6) is 0.434. The average molecular weight is 290 g/mol. The van der Waals surface area contributed by atoms with Crippen molar-refractivity contribution >= 4 is 34.1 Å². The molecule has 0 fully saturated rings. The maximum absolute atomic E-state index is 10.8. The minimum absolute atomic E-state index is 0.0563. The average Bonchev–Trinajstić information content (AvgIpc) is 2.83. The Morgan fingerprint density at radius 3 is 2.80 bits per heavy atom. The Bertz CT molecular complexity index is 829. The predicted molar refractivity (Wildman–Crippen MR) is 75.5 cm³/mol. The van der Waals surface area contributed by atoms with Gasteiger partial charge in [-0.2, -0.15) is 0 Å². The van der Waals surface area contributed by atoms with E-state index >= 15 is 0 Å². The summed E-state index contributed by atoms with van der Waals surface area (Å²) in [6.07, 6.45) is 0. The first-order chi connectivity index (χ1) is 9.54. The molecule has 0 radical (unpaired) electrons. The lowest BCUT2D eigenvalue weighted by molar-refractivity contribution is -0.384. The van der Waals surface area contributed by atoms with Crippen molar-refractivity contribution in [3.8, 4) is 11.5 Å². The Morgan fingerprint density at radius 1 is 1.30 bits per heavy atom. The zero-order valence-electron chi connectivity index (χ0n) is 10.0. The van der Waals surface area contributed by atoms with Gasteiger partial charge in [-0.3, -0.25) is 10.1 Å². The quantitative estimate of drug-likeness (QED) is 0.574. The highest BCUT2D eigenvalue weighted by molar-refractivity contribution is 6.34. The number of benzene rings is 1. The fourth-order valence-electron chi connectivity index (χ4n) is 1.92. The Hall–Kier alpha value is -2.60. The van der Waals surface area contributed by atoms with Gasteiger partial charge < -0.3 is 10.2 Å². The van der Waals surface area contributed by atoms with E-state index in [0.29, 0.717) is 22.1 Å². The van der Waals surface area contributed by atoms with Crippen molar-refractivity contribution in [3.63, 3.8) is 0 Å². The van der Waals surface area contributed by atoms with Gasteiger partial charge in [-0.1, -0.05) is 23.7 Å². The third-order valence-electron chi connectivity index (χ3n) is 2.79. The van der Waals surface area contributed by atoms with Crippen LogP contribution in [0, 0.1) is 10.1 Å². The van der Waals surface area contributed by atoms with Crippen molar-refractivity contribution in [2.24, 2.45) is 0 Å². The van der Waals surface area contributed by atoms with Crippen LogP contribution in [0.5, 0.6) is 0 Å². The number of pyridine rings is 1. The van der Waals surface area contributed by atoms with Crippen LogP contribution in [0.15, 0.2) is 40.8 Å². The Morgan fingerprint density at radius 2 is 2.10 bits per heavy atom. The molecule has 0 atom stereocenters. The Kier molecular flexibility index (Phi) is 2.80. The SMILES string of the molecule is Nc1cc([N+](=O)[O-])cc(-c2cc3cccc(Cl)c3o2)n1. The normalized spacial score (nSPS) is 10.8. The van der Waals surface area contributed by atoms with E-state index in [1.54, 1.807) is 18.2 Å². The monoisotopic (exact) mass is 289 g/mol. The molecule has 3 aromatic rings. The van der Waals surface area contributed by atoms with E-state index in [-0.39, 0.29) is 11.5 Å². The smallest absolute Gasteiger partial charge is 0.275 e. The molecule has 0 amide bonds. The molecule has 0 aliphatic rings. The number of halogens is 1. The first kappa shape index (κ1) is 12.4. The number of nitrogens with two attached hydrogens (primary N) is 1. The van der Waals surface area contributed by atoms with Gasteiger partial charge >= 0.3 is 0 Å². The molecule has 6 nitrogen and oxygen atoms in total. The molecule has 0 saturated heterocycles. The first-order valence-corrected chi connectivity index (χ1v) is 6.03. The molecule has 100 valence electrons. The van der Waals surface area contributed by atoms with Crippen LogP contribution in [-0.2, 0) is 0 Å². The zero-order valence-corrected chi connectivity index (χ0v) is 10.8. The summed E-state index contributed by atoms with van der Waals surface area (Å²) in [6.45, 7) is 0. The molecular formula is C13H8ClN3O3. The predicted octanol–water partition coefficient (Wildman–Crippen LogP) is 3.64. The van der Waals surface area contributed by atoms with Crippen LogP contribution in [0.25, 0.3) is 22.4 Å². The van der Waals surface area contributed by atoms with Crippen LogP contribution in [0.2, 0.25) is 5.02 Å². The highest BCUT2D eigenvalue weighted by atomic mass is 35.5. The molecule has 1 aromatic carbocycles. The van der Waals surface area contributed by atoms with Gasteiger partial charge in [0.2, 0.25) is 0 Å². The van der Waals surface area contributed by atoms with Gasteiger partial charge in [-0.25, -0.2) is 4.98 Å². The number of furan rings is 1. The largest absolute Gasteiger partial charge is 0.453 e. The summed E-state index contributed by atoms with van der Waals surface area (Å²) in [4.78, 5) is 14.4. The van der Waals surface area contributed by atoms with E-state index in [1.165, 1.54) is 12.1 Å². The van der Waals surface area contributed by atoms with Crippen LogP contribution in [0.3, 0.4) is 0 Å². The van der Waals surface area contributed by atoms with Crippen LogP contribution in [-0.4, -0.2) is 9.91 Å². The maximum atomic E-state index is 10.8. The minimum atomic E-state index is -0.531. The van der Waals surface area contributed by atoms with E-state index in [4.69, 9.17) is 21.8 Å². The highest BCUT2D eigenvalue weighted by Gasteiger charge is 2.15. The second-order valence-corrected chi connectivity index (χ2v) is 4.57. The van der Waals surface area contributed by atoms with Gasteiger partial charge in [0, 0.05) is 11.5 Å². The minimum Gasteiger partial charge on any atom is -0.453 e. The van der Waals surface area contributed by atoms with Gasteiger partial charge in [-0.15, -0.1) is 0 Å². The lowest BCUT2D eigenvalue weighted by atomic mass is 10.2. The van der Waals surface area contributed by atoms with E-state index in [1.807, 2.05) is 6.07 Å². The summed E-state index contributed by atoms with van der Waals surface area (Å²) in [5, 5.41) is 12.1. The third kappa shape index (κ3) is 2.06. The molecule has 0 aliphatic carbocycles. The second kappa shape index (κ2) is 4.50. The number of aromatic nitrogens is 1. The van der Waals surface area contributed by atoms with Gasteiger partial charge in [0.05, 0.1) is 16.0 Å². The number of nitrogens with zero attached hydrogens (tertiary/aromatic N) is 2. The number of hydrogen-bond acceptors (Lipinski definition) is 5. The van der Waals surface area contributed by atoms with Crippen molar-refractivity contribution in [2.45, 2.75) is 0 Å². The lowest BCUT2D eigenvalue weighted by Crippen LogP contribution is -1.96. The number of anilines is 1. The Balaban J connectivity index is 2.20. The van der Waals surface area contributed by atoms with Gasteiger partial charge in [-0.05, 0) is 12.1 Å². The van der Waals surface area contributed by atoms with E-state index < -0.39 is 4.92 Å². The van der Waals surface area contributed by atoms with Crippen molar-refractivity contribution in [2.75, 3.05) is 5.73 Å². The highest BCUT2D eigenvalue weighted by Crippen LogP contribution is 2.32. The summed E-state index contributed by atoms with van der Waals surface area (Å²) in [7, 11) is 0. The van der Waals surface area contributed by atoms with E-state index in [9.17, 15) is 10.1 Å². The number of rotatable bonds is 2. The number of para-hydroxylation sites is 1. The molecule has 2 N–H and O–H groups in total. The van der Waals surface area contributed by atoms with Crippen molar-refractivity contribution < 1.29 is 9.34 Å². The van der Waals surface area contributed by atoms with Gasteiger partial charge in [0.25, 0.3) is 5.69 Å². The fourth-order valence-corrected chi connectivity index (χ4v) is 2.14. The number of fused-ring (bicyclic) bond motifs is 1. The van der Waals surface area contributed by atoms with E-state index in [0.717, 1.165) is 5.39 Å². The summed E-state index contributed by atoms with van der Waals surface area (Å²) in [6, 6.07) is 9.54. The standard InChI is InChI=1S/C13H8ClN3O3/c14-9-3-1-2-7-4-11(20-13(7)9)10-5-8(17(18)19)6-12(15)16-10/h1-6H,(H2,15,16). The first-order valence-electron chi connectivity index (χ1n) is 5.65. The molecule has 7 heteroatoms. The molecule has 0 bridgehead atoms. The van der Waals surface area contributed by atoms with Crippen LogP contribution in [0.1, 0.15) is 0 Å². The molecule has 20 heavy (non-hydrogen) atoms. The van der Waals surface area contributed by atoms with Crippen LogP contribution >= 0.6 is 11.6 Å². The second-order valence-electron chi connectivity index (χ2n) is 4.16. The summed E-state index contributed by atoms with van der Waals surface area (Å²) < 4.78 is 5.60. The molecule has 0 saturated carbocycles. The molecule has 2 heterocycles. The topological polar surface area (TPSA) is 95.2 Å². The number of nitrogen functional groups attached to an aromatic ring is 1. The molecule has 3 rings (SSSR count). The Labute approximate surface area is 117 Å². The molecule has 0 unspecified atom stereocenters. The molecule has 2 aromatic heterocycles. The van der Waals surface area contributed by atoms with Crippen LogP contribution < -0.4 is 5.73 Å². The van der Waals surface area contributed by atoms with E-state index in [2.05, 4.69) is 4.98 Å². The lowest BCUT2D eigenvalue weighted by Gasteiger charge is -1.98. The van der Waals surface area contributed by atoms with Crippen molar-refractivity contribution in [1.29, 1.82) is 0 Å².